The first-order valence-corrected chi connectivity index (χ1v) is 5.73. The summed E-state index contributed by atoms with van der Waals surface area (Å²) >= 11 is 0. The van der Waals surface area contributed by atoms with Crippen molar-refractivity contribution in [3.05, 3.63) is 71.0 Å². The van der Waals surface area contributed by atoms with Gasteiger partial charge in [0.2, 0.25) is 0 Å². The number of ether oxygens (including phenoxy) is 1. The predicted molar refractivity (Wildman–Crippen MR) is 68.7 cm³/mol. The minimum atomic E-state index is -1.16. The number of benzene rings is 2. The Kier molecular flexibility index (Phi) is 3.92. The molecule has 0 fully saturated rings. The van der Waals surface area contributed by atoms with E-state index in [1.165, 1.54) is 19.2 Å². The van der Waals surface area contributed by atoms with Crippen LogP contribution in [0.3, 0.4) is 0 Å². The highest BCUT2D eigenvalue weighted by molar-refractivity contribution is 5.87. The molecular formula is C15H13FO3. The summed E-state index contributed by atoms with van der Waals surface area (Å²) in [7, 11) is 1.50. The average molecular weight is 260 g/mol. The lowest BCUT2D eigenvalue weighted by Crippen LogP contribution is -2.06. The Balaban J connectivity index is 2.47. The van der Waals surface area contributed by atoms with E-state index in [0.29, 0.717) is 5.56 Å². The molecule has 2 aromatic rings. The van der Waals surface area contributed by atoms with Crippen molar-refractivity contribution in [2.45, 2.75) is 6.10 Å². The van der Waals surface area contributed by atoms with Gasteiger partial charge >= 0.3 is 5.97 Å². The maximum atomic E-state index is 13.5. The monoisotopic (exact) mass is 260 g/mol. The summed E-state index contributed by atoms with van der Waals surface area (Å²) in [5.74, 6) is -1.75. The van der Waals surface area contributed by atoms with Gasteiger partial charge in [-0.25, -0.2) is 9.18 Å². The number of carboxylic acid groups (broad SMARTS) is 1. The Morgan fingerprint density at radius 3 is 2.42 bits per heavy atom. The van der Waals surface area contributed by atoms with Crippen molar-refractivity contribution in [2.24, 2.45) is 0 Å². The van der Waals surface area contributed by atoms with Crippen LogP contribution < -0.4 is 0 Å². The van der Waals surface area contributed by atoms with Crippen LogP contribution in [0.15, 0.2) is 48.5 Å². The first kappa shape index (κ1) is 13.2. The molecule has 1 atom stereocenters. The van der Waals surface area contributed by atoms with Crippen molar-refractivity contribution in [1.29, 1.82) is 0 Å². The van der Waals surface area contributed by atoms with E-state index in [4.69, 9.17) is 9.84 Å². The van der Waals surface area contributed by atoms with Crippen LogP contribution in [0.25, 0.3) is 0 Å². The summed E-state index contributed by atoms with van der Waals surface area (Å²) in [6, 6.07) is 12.9. The number of hydrogen-bond acceptors (Lipinski definition) is 2. The number of rotatable bonds is 4. The normalized spacial score (nSPS) is 12.1. The number of carbonyl (C=O) groups is 1. The van der Waals surface area contributed by atoms with Gasteiger partial charge in [-0.15, -0.1) is 0 Å². The van der Waals surface area contributed by atoms with Gasteiger partial charge in [0.15, 0.2) is 0 Å². The zero-order valence-electron chi connectivity index (χ0n) is 10.3. The molecule has 0 heterocycles. The molecule has 0 aliphatic heterocycles. The van der Waals surface area contributed by atoms with E-state index in [2.05, 4.69) is 0 Å². The van der Waals surface area contributed by atoms with Crippen molar-refractivity contribution in [3.8, 4) is 0 Å². The Morgan fingerprint density at radius 1 is 1.16 bits per heavy atom. The SMILES string of the molecule is COC(c1ccccc1)c1cc(F)cc(C(=O)O)c1. The van der Waals surface area contributed by atoms with Crippen LogP contribution in [0.4, 0.5) is 4.39 Å². The molecule has 0 spiro atoms. The Bertz CT molecular complexity index is 581. The number of halogens is 1. The van der Waals surface area contributed by atoms with Gasteiger partial charge < -0.3 is 9.84 Å². The second-order valence-corrected chi connectivity index (χ2v) is 4.10. The fourth-order valence-electron chi connectivity index (χ4n) is 1.98. The molecule has 1 N–H and O–H groups in total. The highest BCUT2D eigenvalue weighted by atomic mass is 19.1. The topological polar surface area (TPSA) is 46.5 Å². The molecule has 0 aliphatic rings. The molecular weight excluding hydrogens is 247 g/mol. The van der Waals surface area contributed by atoms with Crippen molar-refractivity contribution in [1.82, 2.24) is 0 Å². The van der Waals surface area contributed by atoms with Crippen LogP contribution in [-0.2, 0) is 4.74 Å². The number of hydrogen-bond donors (Lipinski definition) is 1. The van der Waals surface area contributed by atoms with E-state index in [0.717, 1.165) is 11.6 Å². The molecule has 0 aliphatic carbocycles. The van der Waals surface area contributed by atoms with Gasteiger partial charge in [-0.1, -0.05) is 30.3 Å². The highest BCUT2D eigenvalue weighted by Gasteiger charge is 2.16. The highest BCUT2D eigenvalue weighted by Crippen LogP contribution is 2.26. The molecule has 3 nitrogen and oxygen atoms in total. The summed E-state index contributed by atoms with van der Waals surface area (Å²) in [4.78, 5) is 10.9. The summed E-state index contributed by atoms with van der Waals surface area (Å²) < 4.78 is 18.8. The molecule has 0 aromatic heterocycles. The first-order valence-electron chi connectivity index (χ1n) is 5.73. The molecule has 4 heteroatoms. The zero-order valence-corrected chi connectivity index (χ0v) is 10.3. The van der Waals surface area contributed by atoms with E-state index < -0.39 is 17.9 Å². The van der Waals surface area contributed by atoms with E-state index >= 15 is 0 Å². The van der Waals surface area contributed by atoms with Crippen molar-refractivity contribution < 1.29 is 19.0 Å². The van der Waals surface area contributed by atoms with Crippen LogP contribution in [0.2, 0.25) is 0 Å². The predicted octanol–water partition coefficient (Wildman–Crippen LogP) is 3.26. The summed E-state index contributed by atoms with van der Waals surface area (Å²) in [6.07, 6.45) is -0.491. The van der Waals surface area contributed by atoms with E-state index in [1.807, 2.05) is 30.3 Å². The molecule has 2 aromatic carbocycles. The number of aromatic carboxylic acids is 1. The van der Waals surface area contributed by atoms with Crippen molar-refractivity contribution in [2.75, 3.05) is 7.11 Å². The summed E-state index contributed by atoms with van der Waals surface area (Å²) in [5, 5.41) is 8.95. The number of methoxy groups -OCH3 is 1. The molecule has 2 rings (SSSR count). The Hall–Kier alpha value is -2.20. The van der Waals surface area contributed by atoms with Gasteiger partial charge in [0.25, 0.3) is 0 Å². The van der Waals surface area contributed by atoms with Crippen LogP contribution in [0, 0.1) is 5.82 Å². The Morgan fingerprint density at radius 2 is 1.84 bits per heavy atom. The quantitative estimate of drug-likeness (QED) is 0.917. The fraction of sp³-hybridized carbons (Fsp3) is 0.133. The molecule has 0 saturated carbocycles. The van der Waals surface area contributed by atoms with Gasteiger partial charge in [-0.3, -0.25) is 0 Å². The molecule has 0 bridgehead atoms. The van der Waals surface area contributed by atoms with Crippen LogP contribution in [0.5, 0.6) is 0 Å². The molecule has 0 radical (unpaired) electrons. The van der Waals surface area contributed by atoms with Crippen LogP contribution in [-0.4, -0.2) is 18.2 Å². The largest absolute Gasteiger partial charge is 0.478 e. The average Bonchev–Trinajstić information content (AvgIpc) is 2.40. The fourth-order valence-corrected chi connectivity index (χ4v) is 1.98. The standard InChI is InChI=1S/C15H13FO3/c1-19-14(10-5-3-2-4-6-10)11-7-12(15(17)18)9-13(16)8-11/h2-9,14H,1H3,(H,17,18). The third-order valence-corrected chi connectivity index (χ3v) is 2.81. The van der Waals surface area contributed by atoms with E-state index in [9.17, 15) is 9.18 Å². The second kappa shape index (κ2) is 5.63. The van der Waals surface area contributed by atoms with Gasteiger partial charge in [0.1, 0.15) is 11.9 Å². The van der Waals surface area contributed by atoms with E-state index in [1.54, 1.807) is 0 Å². The lowest BCUT2D eigenvalue weighted by atomic mass is 9.99. The smallest absolute Gasteiger partial charge is 0.335 e. The summed E-state index contributed by atoms with van der Waals surface area (Å²) in [5.41, 5.74) is 1.23. The third kappa shape index (κ3) is 2.98. The van der Waals surface area contributed by atoms with Crippen molar-refractivity contribution >= 4 is 5.97 Å². The molecule has 0 saturated heterocycles. The molecule has 19 heavy (non-hydrogen) atoms. The van der Waals surface area contributed by atoms with Crippen LogP contribution in [0.1, 0.15) is 27.6 Å². The maximum absolute atomic E-state index is 13.5. The molecule has 1 unspecified atom stereocenters. The van der Waals surface area contributed by atoms with E-state index in [-0.39, 0.29) is 5.56 Å². The maximum Gasteiger partial charge on any atom is 0.335 e. The molecule has 98 valence electrons. The van der Waals surface area contributed by atoms with Crippen LogP contribution >= 0.6 is 0 Å². The lowest BCUT2D eigenvalue weighted by molar-refractivity contribution is 0.0695. The lowest BCUT2D eigenvalue weighted by Gasteiger charge is -2.16. The second-order valence-electron chi connectivity index (χ2n) is 4.10. The van der Waals surface area contributed by atoms with Gasteiger partial charge in [0.05, 0.1) is 5.56 Å². The number of carboxylic acids is 1. The van der Waals surface area contributed by atoms with Crippen molar-refractivity contribution in [3.63, 3.8) is 0 Å². The first-order chi connectivity index (χ1) is 9.11. The van der Waals surface area contributed by atoms with Gasteiger partial charge in [-0.05, 0) is 29.3 Å². The summed E-state index contributed by atoms with van der Waals surface area (Å²) in [6.45, 7) is 0. The minimum absolute atomic E-state index is 0.0898. The zero-order chi connectivity index (χ0) is 13.8. The van der Waals surface area contributed by atoms with Gasteiger partial charge in [0, 0.05) is 7.11 Å². The molecule has 0 amide bonds. The third-order valence-electron chi connectivity index (χ3n) is 2.81. The Labute approximate surface area is 110 Å². The minimum Gasteiger partial charge on any atom is -0.478 e. The van der Waals surface area contributed by atoms with Gasteiger partial charge in [-0.2, -0.15) is 0 Å².